The van der Waals surface area contributed by atoms with Crippen molar-refractivity contribution < 1.29 is 4.74 Å². The third kappa shape index (κ3) is 3.36. The average molecular weight is 374 g/mol. The van der Waals surface area contributed by atoms with Gasteiger partial charge in [-0.1, -0.05) is 31.9 Å². The van der Waals surface area contributed by atoms with E-state index in [1.54, 1.807) is 0 Å². The van der Waals surface area contributed by atoms with Crippen LogP contribution < -0.4 is 4.74 Å². The second-order valence-electron chi connectivity index (χ2n) is 3.88. The van der Waals surface area contributed by atoms with Crippen molar-refractivity contribution in [2.24, 2.45) is 0 Å². The topological polar surface area (TPSA) is 27.1 Å². The lowest BCUT2D eigenvalue weighted by atomic mass is 10.2. The summed E-state index contributed by atoms with van der Waals surface area (Å²) in [5.74, 6) is 0.902. The van der Waals surface area contributed by atoms with Gasteiger partial charge in [0.1, 0.15) is 12.4 Å². The molecule has 0 unspecified atom stereocenters. The summed E-state index contributed by atoms with van der Waals surface area (Å²) in [5.41, 5.74) is 2.22. The van der Waals surface area contributed by atoms with Gasteiger partial charge in [0.05, 0.1) is 6.20 Å². The van der Waals surface area contributed by atoms with Gasteiger partial charge in [-0.15, -0.1) is 0 Å². The normalized spacial score (nSPS) is 10.6. The van der Waals surface area contributed by atoms with Gasteiger partial charge in [0.2, 0.25) is 0 Å². The summed E-state index contributed by atoms with van der Waals surface area (Å²) in [6.45, 7) is 3.49. The van der Waals surface area contributed by atoms with Gasteiger partial charge in [0, 0.05) is 33.7 Å². The first-order valence-corrected chi connectivity index (χ1v) is 7.63. The van der Waals surface area contributed by atoms with Gasteiger partial charge in [-0.3, -0.25) is 4.68 Å². The van der Waals surface area contributed by atoms with Crippen molar-refractivity contribution in [1.82, 2.24) is 9.78 Å². The number of halogens is 2. The second kappa shape index (κ2) is 6.38. The molecule has 96 valence electrons. The minimum Gasteiger partial charge on any atom is -0.488 e. The van der Waals surface area contributed by atoms with Crippen LogP contribution in [0.5, 0.6) is 5.75 Å². The van der Waals surface area contributed by atoms with Crippen LogP contribution in [0.15, 0.2) is 35.1 Å². The van der Waals surface area contributed by atoms with Crippen LogP contribution in [-0.4, -0.2) is 9.78 Å². The molecule has 0 atom stereocenters. The minimum absolute atomic E-state index is 0.543. The predicted octanol–water partition coefficient (Wildman–Crippen LogP) is 4.14. The van der Waals surface area contributed by atoms with E-state index in [4.69, 9.17) is 4.74 Å². The van der Waals surface area contributed by atoms with Crippen LogP contribution >= 0.6 is 31.9 Å². The second-order valence-corrected chi connectivity index (χ2v) is 5.36. The predicted molar refractivity (Wildman–Crippen MR) is 79.0 cm³/mol. The fourth-order valence-corrected chi connectivity index (χ4v) is 2.45. The van der Waals surface area contributed by atoms with Gasteiger partial charge < -0.3 is 4.74 Å². The van der Waals surface area contributed by atoms with Gasteiger partial charge in [0.25, 0.3) is 0 Å². The molecular weight excluding hydrogens is 360 g/mol. The molecule has 0 fully saturated rings. The van der Waals surface area contributed by atoms with Crippen molar-refractivity contribution in [2.45, 2.75) is 25.4 Å². The molecule has 1 aromatic carbocycles. The van der Waals surface area contributed by atoms with Crippen LogP contribution in [0, 0.1) is 0 Å². The van der Waals surface area contributed by atoms with E-state index in [0.29, 0.717) is 6.61 Å². The number of rotatable bonds is 5. The summed E-state index contributed by atoms with van der Waals surface area (Å²) < 4.78 is 8.78. The van der Waals surface area contributed by atoms with Crippen LogP contribution in [0.4, 0.5) is 0 Å². The standard InChI is InChI=1S/C13H14Br2N2O/c1-2-17-8-10(7-16-17)9-18-13-4-3-12(15)5-11(13)6-14/h3-5,7-8H,2,6,9H2,1H3. The van der Waals surface area contributed by atoms with Gasteiger partial charge in [0.15, 0.2) is 0 Å². The number of alkyl halides is 1. The van der Waals surface area contributed by atoms with Crippen molar-refractivity contribution in [3.63, 3.8) is 0 Å². The third-order valence-electron chi connectivity index (χ3n) is 2.57. The smallest absolute Gasteiger partial charge is 0.123 e. The highest BCUT2D eigenvalue weighted by atomic mass is 79.9. The van der Waals surface area contributed by atoms with Gasteiger partial charge >= 0.3 is 0 Å². The molecule has 1 aromatic heterocycles. The quantitative estimate of drug-likeness (QED) is 0.736. The van der Waals surface area contributed by atoms with E-state index in [9.17, 15) is 0 Å². The fraction of sp³-hybridized carbons (Fsp3) is 0.308. The number of ether oxygens (including phenoxy) is 1. The Hall–Kier alpha value is -0.810. The Morgan fingerprint density at radius 3 is 2.89 bits per heavy atom. The fourth-order valence-electron chi connectivity index (χ4n) is 1.61. The van der Waals surface area contributed by atoms with Crippen molar-refractivity contribution in [3.8, 4) is 5.75 Å². The maximum atomic E-state index is 5.82. The van der Waals surface area contributed by atoms with Gasteiger partial charge in [-0.2, -0.15) is 5.10 Å². The lowest BCUT2D eigenvalue weighted by molar-refractivity contribution is 0.303. The first-order chi connectivity index (χ1) is 8.72. The number of aryl methyl sites for hydroxylation is 1. The number of nitrogens with zero attached hydrogens (tertiary/aromatic N) is 2. The number of aromatic nitrogens is 2. The van der Waals surface area contributed by atoms with Gasteiger partial charge in [-0.05, 0) is 25.1 Å². The lowest BCUT2D eigenvalue weighted by Crippen LogP contribution is -1.97. The molecule has 2 rings (SSSR count). The monoisotopic (exact) mass is 372 g/mol. The maximum Gasteiger partial charge on any atom is 0.123 e. The zero-order chi connectivity index (χ0) is 13.0. The molecule has 18 heavy (non-hydrogen) atoms. The summed E-state index contributed by atoms with van der Waals surface area (Å²) >= 11 is 6.92. The Morgan fingerprint density at radius 2 is 2.22 bits per heavy atom. The molecule has 0 bridgehead atoms. The summed E-state index contributed by atoms with van der Waals surface area (Å²) in [5, 5.41) is 5.00. The molecule has 0 saturated carbocycles. The molecule has 0 aliphatic rings. The number of hydrogen-bond acceptors (Lipinski definition) is 2. The maximum absolute atomic E-state index is 5.82. The summed E-state index contributed by atoms with van der Waals surface area (Å²) in [6, 6.07) is 6.02. The van der Waals surface area contributed by atoms with E-state index in [2.05, 4.69) is 49.9 Å². The molecule has 0 aliphatic carbocycles. The van der Waals surface area contributed by atoms with Gasteiger partial charge in [-0.25, -0.2) is 0 Å². The average Bonchev–Trinajstić information content (AvgIpc) is 2.85. The van der Waals surface area contributed by atoms with E-state index in [0.717, 1.165) is 33.2 Å². The Bertz CT molecular complexity index is 525. The van der Waals surface area contributed by atoms with E-state index < -0.39 is 0 Å². The molecular formula is C13H14Br2N2O. The molecule has 2 aromatic rings. The van der Waals surface area contributed by atoms with Crippen LogP contribution in [0.2, 0.25) is 0 Å². The highest BCUT2D eigenvalue weighted by Gasteiger charge is 2.05. The largest absolute Gasteiger partial charge is 0.488 e. The Labute approximate surface area is 123 Å². The molecule has 0 amide bonds. The molecule has 0 N–H and O–H groups in total. The molecule has 5 heteroatoms. The summed E-state index contributed by atoms with van der Waals surface area (Å²) in [4.78, 5) is 0. The van der Waals surface area contributed by atoms with E-state index >= 15 is 0 Å². The van der Waals surface area contributed by atoms with E-state index in [1.807, 2.05) is 29.2 Å². The first kappa shape index (κ1) is 13.6. The molecule has 0 saturated heterocycles. The van der Waals surface area contributed by atoms with Crippen molar-refractivity contribution in [3.05, 3.63) is 46.2 Å². The van der Waals surface area contributed by atoms with Crippen molar-refractivity contribution in [1.29, 1.82) is 0 Å². The van der Waals surface area contributed by atoms with E-state index in [1.165, 1.54) is 0 Å². The third-order valence-corrected chi connectivity index (χ3v) is 3.67. The Morgan fingerprint density at radius 1 is 1.39 bits per heavy atom. The van der Waals surface area contributed by atoms with Crippen LogP contribution in [0.3, 0.4) is 0 Å². The molecule has 3 nitrogen and oxygen atoms in total. The zero-order valence-electron chi connectivity index (χ0n) is 10.1. The molecule has 0 spiro atoms. The Balaban J connectivity index is 2.05. The van der Waals surface area contributed by atoms with Crippen molar-refractivity contribution in [2.75, 3.05) is 0 Å². The van der Waals surface area contributed by atoms with Crippen LogP contribution in [0.25, 0.3) is 0 Å². The highest BCUT2D eigenvalue weighted by Crippen LogP contribution is 2.25. The Kier molecular flexibility index (Phi) is 4.83. The summed E-state index contributed by atoms with van der Waals surface area (Å²) in [6.07, 6.45) is 3.85. The molecule has 1 heterocycles. The van der Waals surface area contributed by atoms with Crippen LogP contribution in [0.1, 0.15) is 18.1 Å². The first-order valence-electron chi connectivity index (χ1n) is 5.71. The van der Waals surface area contributed by atoms with Crippen LogP contribution in [-0.2, 0) is 18.5 Å². The number of benzene rings is 1. The number of hydrogen-bond donors (Lipinski definition) is 0. The highest BCUT2D eigenvalue weighted by molar-refractivity contribution is 9.10. The minimum atomic E-state index is 0.543. The summed E-state index contributed by atoms with van der Waals surface area (Å²) in [7, 11) is 0. The molecule has 0 aliphatic heterocycles. The molecule has 0 radical (unpaired) electrons. The zero-order valence-corrected chi connectivity index (χ0v) is 13.2. The van der Waals surface area contributed by atoms with E-state index in [-0.39, 0.29) is 0 Å². The SMILES string of the molecule is CCn1cc(COc2ccc(Br)cc2CBr)cn1. The van der Waals surface area contributed by atoms with Crippen molar-refractivity contribution >= 4 is 31.9 Å². The lowest BCUT2D eigenvalue weighted by Gasteiger charge is -2.09.